The lowest BCUT2D eigenvalue weighted by Crippen LogP contribution is -2.37. The summed E-state index contributed by atoms with van der Waals surface area (Å²) in [5.41, 5.74) is 0.851. The van der Waals surface area contributed by atoms with E-state index in [4.69, 9.17) is 9.84 Å². The van der Waals surface area contributed by atoms with E-state index < -0.39 is 19.0 Å². The summed E-state index contributed by atoms with van der Waals surface area (Å²) >= 11 is 0. The van der Waals surface area contributed by atoms with Crippen molar-refractivity contribution in [3.63, 3.8) is 0 Å². The fourth-order valence-corrected chi connectivity index (χ4v) is 8.95. The molecule has 6 nitrogen and oxygen atoms in total. The average Bonchev–Trinajstić information content (AvgIpc) is 3.45. The smallest absolute Gasteiger partial charge is 0.214 e. The molecular formula is C29H25N4O2P. The number of ether oxygens (including phenoxy) is 1. The molecule has 178 valence electrons. The van der Waals surface area contributed by atoms with Gasteiger partial charge in [0.2, 0.25) is 11.6 Å². The summed E-state index contributed by atoms with van der Waals surface area (Å²) < 4.78 is 5.13. The van der Waals surface area contributed by atoms with Crippen LogP contribution in [0.25, 0.3) is 11.4 Å². The number of benzene rings is 4. The minimum atomic E-state index is -2.59. The number of rotatable bonds is 8. The van der Waals surface area contributed by atoms with Crippen LogP contribution in [0.5, 0.6) is 0 Å². The number of hydrogen-bond acceptors (Lipinski definition) is 5. The molecule has 0 aliphatic heterocycles. The van der Waals surface area contributed by atoms with Crippen molar-refractivity contribution in [1.82, 2.24) is 20.2 Å². The summed E-state index contributed by atoms with van der Waals surface area (Å²) in [6.45, 7) is 0. The lowest BCUT2D eigenvalue weighted by molar-refractivity contribution is -0.353. The maximum Gasteiger partial charge on any atom is 0.214 e. The molecule has 1 atom stereocenters. The summed E-state index contributed by atoms with van der Waals surface area (Å²) in [6.07, 6.45) is 1.58. The molecule has 7 heteroatoms. The van der Waals surface area contributed by atoms with Gasteiger partial charge in [-0.05, 0) is 48.7 Å². The molecule has 1 heterocycles. The zero-order valence-corrected chi connectivity index (χ0v) is 20.6. The van der Waals surface area contributed by atoms with Crippen molar-refractivity contribution in [3.05, 3.63) is 133 Å². The molecule has 1 aromatic heterocycles. The van der Waals surface area contributed by atoms with Crippen LogP contribution in [0, 0.1) is 0 Å². The zero-order chi connectivity index (χ0) is 24.8. The normalized spacial score (nSPS) is 12.8. The lowest BCUT2D eigenvalue weighted by Gasteiger charge is -2.32. The van der Waals surface area contributed by atoms with Gasteiger partial charge in [0.15, 0.2) is 0 Å². The molecule has 0 N–H and O–H groups in total. The first kappa shape index (κ1) is 23.5. The van der Waals surface area contributed by atoms with Gasteiger partial charge in [0.25, 0.3) is 0 Å². The largest absolute Gasteiger partial charge is 0.617 e. The summed E-state index contributed by atoms with van der Waals surface area (Å²) in [6, 6.07) is 40.5. The summed E-state index contributed by atoms with van der Waals surface area (Å²) in [4.78, 5) is 1.57. The Labute approximate surface area is 210 Å². The standard InChI is InChI=1S/C29H25N4O2P/c1-35-28(34)22-27(33-31-29(30-32-33)23-14-6-2-7-15-23)36(24-16-8-3-9-17-24,25-18-10-4-11-19-25)26-20-12-5-13-21-26/h2-22,27H,1H3/b28-22+. The molecule has 0 saturated carbocycles. The Morgan fingerprint density at radius 2 is 1.19 bits per heavy atom. The van der Waals surface area contributed by atoms with E-state index in [-0.39, 0.29) is 0 Å². The SMILES string of the molecule is CO/C([O-])=C/C(n1nnc(-c2ccccc2)n1)[P+](c1ccccc1)(c1ccccc1)c1ccccc1. The highest BCUT2D eigenvalue weighted by atomic mass is 31.2. The second-order valence-corrected chi connectivity index (χ2v) is 11.7. The molecule has 0 amide bonds. The van der Waals surface area contributed by atoms with Gasteiger partial charge in [-0.15, -0.1) is 15.0 Å². The number of allylic oxidation sites excluding steroid dienone is 1. The number of hydrogen-bond donors (Lipinski definition) is 0. The molecule has 1 unspecified atom stereocenters. The van der Waals surface area contributed by atoms with E-state index in [0.717, 1.165) is 21.5 Å². The van der Waals surface area contributed by atoms with Crippen molar-refractivity contribution in [2.75, 3.05) is 7.11 Å². The molecule has 0 spiro atoms. The fraction of sp³-hybridized carbons (Fsp3) is 0.0690. The minimum absolute atomic E-state index is 0.453. The van der Waals surface area contributed by atoms with Crippen molar-refractivity contribution in [1.29, 1.82) is 0 Å². The van der Waals surface area contributed by atoms with Crippen LogP contribution in [-0.4, -0.2) is 27.3 Å². The quantitative estimate of drug-likeness (QED) is 0.244. The molecule has 0 radical (unpaired) electrons. The van der Waals surface area contributed by atoms with Gasteiger partial charge < -0.3 is 9.84 Å². The maximum absolute atomic E-state index is 12.9. The van der Waals surface area contributed by atoms with Crippen LogP contribution >= 0.6 is 7.26 Å². The van der Waals surface area contributed by atoms with Gasteiger partial charge in [0, 0.05) is 11.6 Å². The molecule has 0 aliphatic carbocycles. The van der Waals surface area contributed by atoms with Crippen LogP contribution in [0.2, 0.25) is 0 Å². The predicted molar refractivity (Wildman–Crippen MR) is 143 cm³/mol. The van der Waals surface area contributed by atoms with Gasteiger partial charge in [-0.1, -0.05) is 84.9 Å². The highest BCUT2D eigenvalue weighted by molar-refractivity contribution is 7.95. The minimum Gasteiger partial charge on any atom is -0.617 e. The molecule has 36 heavy (non-hydrogen) atoms. The second kappa shape index (κ2) is 10.5. The van der Waals surface area contributed by atoms with Crippen molar-refractivity contribution < 1.29 is 9.84 Å². The molecule has 0 fully saturated rings. The van der Waals surface area contributed by atoms with E-state index >= 15 is 0 Å². The highest BCUT2D eigenvalue weighted by Gasteiger charge is 2.54. The van der Waals surface area contributed by atoms with Crippen LogP contribution in [0.1, 0.15) is 5.78 Å². The van der Waals surface area contributed by atoms with Crippen LogP contribution in [0.4, 0.5) is 0 Å². The number of nitrogens with zero attached hydrogens (tertiary/aromatic N) is 4. The Kier molecular flexibility index (Phi) is 6.87. The Balaban J connectivity index is 1.84. The highest BCUT2D eigenvalue weighted by Crippen LogP contribution is 2.65. The third-order valence-corrected chi connectivity index (χ3v) is 10.6. The van der Waals surface area contributed by atoms with Crippen molar-refractivity contribution in [2.24, 2.45) is 0 Å². The monoisotopic (exact) mass is 492 g/mol. The van der Waals surface area contributed by atoms with Crippen LogP contribution < -0.4 is 21.0 Å². The van der Waals surface area contributed by atoms with E-state index in [0.29, 0.717) is 5.82 Å². The van der Waals surface area contributed by atoms with E-state index in [1.54, 1.807) is 10.9 Å². The van der Waals surface area contributed by atoms with Crippen molar-refractivity contribution >= 4 is 23.2 Å². The molecule has 0 bridgehead atoms. The summed E-state index contributed by atoms with van der Waals surface area (Å²) in [5, 5.41) is 29.8. The molecule has 5 rings (SSSR count). The van der Waals surface area contributed by atoms with Gasteiger partial charge in [0.05, 0.1) is 5.95 Å². The van der Waals surface area contributed by atoms with Gasteiger partial charge >= 0.3 is 0 Å². The van der Waals surface area contributed by atoms with E-state index in [2.05, 4.69) is 46.7 Å². The average molecular weight is 493 g/mol. The van der Waals surface area contributed by atoms with Crippen LogP contribution in [-0.2, 0) is 4.74 Å². The number of tetrazole rings is 1. The molecule has 5 aromatic rings. The molecule has 4 aromatic carbocycles. The Bertz CT molecular complexity index is 1330. The van der Waals surface area contributed by atoms with E-state index in [1.807, 2.05) is 84.9 Å². The lowest BCUT2D eigenvalue weighted by atomic mass is 10.2. The van der Waals surface area contributed by atoms with Crippen LogP contribution in [0.15, 0.2) is 133 Å². The molecular weight excluding hydrogens is 467 g/mol. The first-order valence-electron chi connectivity index (χ1n) is 11.6. The van der Waals surface area contributed by atoms with Gasteiger partial charge in [-0.3, -0.25) is 0 Å². The number of aromatic nitrogens is 4. The van der Waals surface area contributed by atoms with Crippen molar-refractivity contribution in [2.45, 2.75) is 5.78 Å². The van der Waals surface area contributed by atoms with E-state index in [9.17, 15) is 5.11 Å². The summed E-state index contributed by atoms with van der Waals surface area (Å²) in [7, 11) is -1.21. The second-order valence-electron chi connectivity index (χ2n) is 8.13. The Hall–Kier alpha value is -4.28. The Morgan fingerprint density at radius 1 is 0.750 bits per heavy atom. The van der Waals surface area contributed by atoms with Crippen molar-refractivity contribution in [3.8, 4) is 11.4 Å². The maximum atomic E-state index is 12.9. The summed E-state index contributed by atoms with van der Waals surface area (Å²) in [5.74, 6) is -0.543. The first-order chi connectivity index (χ1) is 17.7. The predicted octanol–water partition coefficient (Wildman–Crippen LogP) is 3.68. The fourth-order valence-electron chi connectivity index (χ4n) is 4.46. The van der Waals surface area contributed by atoms with E-state index in [1.165, 1.54) is 7.11 Å². The van der Waals surface area contributed by atoms with Gasteiger partial charge in [-0.2, -0.15) is 0 Å². The third-order valence-electron chi connectivity index (χ3n) is 6.07. The first-order valence-corrected chi connectivity index (χ1v) is 13.4. The topological polar surface area (TPSA) is 75.9 Å². The number of methoxy groups -OCH3 is 1. The Morgan fingerprint density at radius 3 is 1.64 bits per heavy atom. The van der Waals surface area contributed by atoms with Gasteiger partial charge in [-0.25, -0.2) is 0 Å². The molecule has 0 aliphatic rings. The zero-order valence-electron chi connectivity index (χ0n) is 19.8. The van der Waals surface area contributed by atoms with Crippen LogP contribution in [0.3, 0.4) is 0 Å². The third kappa shape index (κ3) is 4.39. The van der Waals surface area contributed by atoms with Gasteiger partial charge in [0.1, 0.15) is 23.2 Å². The molecule has 0 saturated heterocycles.